The van der Waals surface area contributed by atoms with Crippen LogP contribution in [0.25, 0.3) is 5.57 Å². The molecule has 1 aromatic carbocycles. The van der Waals surface area contributed by atoms with Crippen LogP contribution in [0.3, 0.4) is 0 Å². The van der Waals surface area contributed by atoms with Crippen molar-refractivity contribution in [3.05, 3.63) is 53.6 Å². The molecule has 17 heavy (non-hydrogen) atoms. The van der Waals surface area contributed by atoms with Gasteiger partial charge in [0.15, 0.2) is 0 Å². The van der Waals surface area contributed by atoms with E-state index in [-0.39, 0.29) is 5.97 Å². The maximum atomic E-state index is 11.0. The highest BCUT2D eigenvalue weighted by Gasteiger charge is 2.11. The van der Waals surface area contributed by atoms with E-state index in [1.165, 1.54) is 36.3 Å². The Hall–Kier alpha value is -1.83. The highest BCUT2D eigenvalue weighted by Crippen LogP contribution is 2.30. The minimum Gasteiger partial charge on any atom is -0.466 e. The number of methoxy groups -OCH3 is 1. The van der Waals surface area contributed by atoms with Crippen LogP contribution in [0.4, 0.5) is 0 Å². The number of benzene rings is 1. The summed E-state index contributed by atoms with van der Waals surface area (Å²) in [4.78, 5) is 11.0. The molecule has 0 fully saturated rings. The van der Waals surface area contributed by atoms with E-state index in [9.17, 15) is 4.79 Å². The quantitative estimate of drug-likeness (QED) is 0.574. The minimum absolute atomic E-state index is 0.314. The Morgan fingerprint density at radius 1 is 1.29 bits per heavy atom. The van der Waals surface area contributed by atoms with Crippen LogP contribution >= 0.6 is 0 Å². The predicted octanol–water partition coefficient (Wildman–Crippen LogP) is 3.14. The summed E-state index contributed by atoms with van der Waals surface area (Å²) in [6.07, 6.45) is 8.62. The van der Waals surface area contributed by atoms with Crippen molar-refractivity contribution in [1.29, 1.82) is 0 Å². The summed E-state index contributed by atoms with van der Waals surface area (Å²) < 4.78 is 4.55. The van der Waals surface area contributed by atoms with Crippen molar-refractivity contribution in [3.8, 4) is 0 Å². The van der Waals surface area contributed by atoms with Crippen molar-refractivity contribution in [2.24, 2.45) is 0 Å². The van der Waals surface area contributed by atoms with Crippen LogP contribution in [0.2, 0.25) is 0 Å². The topological polar surface area (TPSA) is 26.3 Å². The number of aryl methyl sites for hydroxylation is 1. The summed E-state index contributed by atoms with van der Waals surface area (Å²) in [6, 6.07) is 8.45. The van der Waals surface area contributed by atoms with Gasteiger partial charge in [0.2, 0.25) is 0 Å². The highest BCUT2D eigenvalue weighted by molar-refractivity contribution is 5.83. The van der Waals surface area contributed by atoms with Gasteiger partial charge < -0.3 is 4.74 Å². The molecule has 0 aromatic heterocycles. The van der Waals surface area contributed by atoms with Gasteiger partial charge in [-0.05, 0) is 36.0 Å². The molecule has 0 saturated heterocycles. The van der Waals surface area contributed by atoms with E-state index in [4.69, 9.17) is 0 Å². The number of carbonyl (C=O) groups is 1. The predicted molar refractivity (Wildman–Crippen MR) is 68.5 cm³/mol. The number of allylic oxidation sites excluding steroid dienone is 3. The second-order valence-corrected chi connectivity index (χ2v) is 4.08. The van der Waals surface area contributed by atoms with Crippen molar-refractivity contribution in [2.75, 3.05) is 7.11 Å². The fourth-order valence-electron chi connectivity index (χ4n) is 2.14. The maximum Gasteiger partial charge on any atom is 0.330 e. The van der Waals surface area contributed by atoms with Crippen molar-refractivity contribution < 1.29 is 9.53 Å². The standard InChI is InChI=1S/C15H16O2/c1-17-15(16)11-5-9-13-8-4-7-12-6-2-3-10-14(12)13/h2-3,5-6,9-11H,4,7-8H2,1H3/b11-5-,13-9+. The number of fused-ring (bicyclic) bond motifs is 1. The number of carbonyl (C=O) groups excluding carboxylic acids is 1. The average molecular weight is 228 g/mol. The molecule has 1 aromatic rings. The van der Waals surface area contributed by atoms with Gasteiger partial charge >= 0.3 is 5.97 Å². The highest BCUT2D eigenvalue weighted by atomic mass is 16.5. The van der Waals surface area contributed by atoms with Gasteiger partial charge in [-0.15, -0.1) is 0 Å². The fraction of sp³-hybridized carbons (Fsp3) is 0.267. The molecule has 1 aliphatic rings. The molecule has 0 atom stereocenters. The van der Waals surface area contributed by atoms with Gasteiger partial charge in [0, 0.05) is 6.08 Å². The third kappa shape index (κ3) is 2.84. The van der Waals surface area contributed by atoms with Gasteiger partial charge in [0.05, 0.1) is 7.11 Å². The molecule has 0 amide bonds. The minimum atomic E-state index is -0.314. The molecular weight excluding hydrogens is 212 g/mol. The van der Waals surface area contributed by atoms with E-state index >= 15 is 0 Å². The van der Waals surface area contributed by atoms with E-state index in [0.29, 0.717) is 0 Å². The summed E-state index contributed by atoms with van der Waals surface area (Å²) in [6.45, 7) is 0. The lowest BCUT2D eigenvalue weighted by Gasteiger charge is -2.18. The van der Waals surface area contributed by atoms with Crippen molar-refractivity contribution in [3.63, 3.8) is 0 Å². The summed E-state index contributed by atoms with van der Waals surface area (Å²) in [5.74, 6) is -0.314. The first-order valence-corrected chi connectivity index (χ1v) is 5.84. The summed E-state index contributed by atoms with van der Waals surface area (Å²) >= 11 is 0. The van der Waals surface area contributed by atoms with Crippen molar-refractivity contribution in [2.45, 2.75) is 19.3 Å². The van der Waals surface area contributed by atoms with E-state index in [0.717, 1.165) is 12.8 Å². The summed E-state index contributed by atoms with van der Waals surface area (Å²) in [5, 5.41) is 0. The van der Waals surface area contributed by atoms with E-state index < -0.39 is 0 Å². The zero-order chi connectivity index (χ0) is 12.1. The molecule has 0 radical (unpaired) electrons. The average Bonchev–Trinajstić information content (AvgIpc) is 2.39. The van der Waals surface area contributed by atoms with Gasteiger partial charge in [0.1, 0.15) is 0 Å². The molecule has 2 nitrogen and oxygen atoms in total. The number of rotatable bonds is 2. The van der Waals surface area contributed by atoms with Crippen LogP contribution < -0.4 is 0 Å². The SMILES string of the molecule is COC(=O)/C=C\C=C1/CCCc2ccccc21. The first kappa shape index (κ1) is 11.6. The molecule has 0 bridgehead atoms. The molecular formula is C15H16O2. The zero-order valence-electron chi connectivity index (χ0n) is 9.98. The number of hydrogen-bond acceptors (Lipinski definition) is 2. The Morgan fingerprint density at radius 3 is 2.94 bits per heavy atom. The molecule has 0 unspecified atom stereocenters. The molecule has 1 aliphatic carbocycles. The smallest absolute Gasteiger partial charge is 0.330 e. The van der Waals surface area contributed by atoms with E-state index in [2.05, 4.69) is 29.0 Å². The first-order valence-electron chi connectivity index (χ1n) is 5.84. The van der Waals surface area contributed by atoms with Crippen LogP contribution in [-0.2, 0) is 16.0 Å². The molecule has 2 heteroatoms. The van der Waals surface area contributed by atoms with E-state index in [1.54, 1.807) is 6.08 Å². The lowest BCUT2D eigenvalue weighted by atomic mass is 9.87. The van der Waals surface area contributed by atoms with Gasteiger partial charge in [-0.2, -0.15) is 0 Å². The molecule has 88 valence electrons. The van der Waals surface area contributed by atoms with Crippen LogP contribution in [0.5, 0.6) is 0 Å². The van der Waals surface area contributed by atoms with E-state index in [1.807, 2.05) is 6.08 Å². The maximum absolute atomic E-state index is 11.0. The molecule has 0 aliphatic heterocycles. The Labute approximate surface area is 102 Å². The molecule has 0 heterocycles. The molecule has 0 N–H and O–H groups in total. The number of esters is 1. The second kappa shape index (κ2) is 5.48. The lowest BCUT2D eigenvalue weighted by Crippen LogP contribution is -2.01. The molecule has 0 saturated carbocycles. The van der Waals surface area contributed by atoms with Crippen molar-refractivity contribution in [1.82, 2.24) is 0 Å². The van der Waals surface area contributed by atoms with Gasteiger partial charge in [-0.3, -0.25) is 0 Å². The van der Waals surface area contributed by atoms with Gasteiger partial charge in [-0.25, -0.2) is 4.79 Å². The van der Waals surface area contributed by atoms with Crippen LogP contribution in [0.1, 0.15) is 24.0 Å². The lowest BCUT2D eigenvalue weighted by molar-refractivity contribution is -0.134. The number of ether oxygens (including phenoxy) is 1. The zero-order valence-corrected chi connectivity index (χ0v) is 9.98. The van der Waals surface area contributed by atoms with Crippen LogP contribution in [0, 0.1) is 0 Å². The number of hydrogen-bond donors (Lipinski definition) is 0. The third-order valence-corrected chi connectivity index (χ3v) is 2.99. The van der Waals surface area contributed by atoms with Crippen molar-refractivity contribution >= 4 is 11.5 Å². The molecule has 0 spiro atoms. The molecule has 2 rings (SSSR count). The van der Waals surface area contributed by atoms with Gasteiger partial charge in [-0.1, -0.05) is 36.4 Å². The van der Waals surface area contributed by atoms with Crippen LogP contribution in [-0.4, -0.2) is 13.1 Å². The third-order valence-electron chi connectivity index (χ3n) is 2.99. The fourth-order valence-corrected chi connectivity index (χ4v) is 2.14. The summed E-state index contributed by atoms with van der Waals surface area (Å²) in [7, 11) is 1.38. The summed E-state index contributed by atoms with van der Waals surface area (Å²) in [5.41, 5.74) is 4.01. The normalized spacial score (nSPS) is 17.1. The Balaban J connectivity index is 2.21. The monoisotopic (exact) mass is 228 g/mol. The van der Waals surface area contributed by atoms with Crippen LogP contribution in [0.15, 0.2) is 42.5 Å². The largest absolute Gasteiger partial charge is 0.466 e. The Bertz CT molecular complexity index is 470. The second-order valence-electron chi connectivity index (χ2n) is 4.08. The Morgan fingerprint density at radius 2 is 2.12 bits per heavy atom. The first-order chi connectivity index (χ1) is 8.31. The Kier molecular flexibility index (Phi) is 3.76. The van der Waals surface area contributed by atoms with Gasteiger partial charge in [0.25, 0.3) is 0 Å².